The smallest absolute Gasteiger partial charge is 0.252 e. The summed E-state index contributed by atoms with van der Waals surface area (Å²) in [6, 6.07) is 6.75. The lowest BCUT2D eigenvalue weighted by Crippen LogP contribution is -2.13. The van der Waals surface area contributed by atoms with E-state index >= 15 is 0 Å². The van der Waals surface area contributed by atoms with Gasteiger partial charge in [0.25, 0.3) is 5.91 Å². The van der Waals surface area contributed by atoms with Gasteiger partial charge >= 0.3 is 0 Å². The lowest BCUT2D eigenvalue weighted by Gasteiger charge is -2.07. The Balaban J connectivity index is 2.84. The SMILES string of the molecule is COCOc1ccccc1C(N)=O. The van der Waals surface area contributed by atoms with Gasteiger partial charge in [-0.3, -0.25) is 4.79 Å². The monoisotopic (exact) mass is 181 g/mol. The highest BCUT2D eigenvalue weighted by Gasteiger charge is 2.07. The Hall–Kier alpha value is -1.55. The molecule has 0 saturated heterocycles. The molecule has 0 saturated carbocycles. The van der Waals surface area contributed by atoms with Crippen LogP contribution >= 0.6 is 0 Å². The third kappa shape index (κ3) is 2.45. The fraction of sp³-hybridized carbons (Fsp3) is 0.222. The largest absolute Gasteiger partial charge is 0.467 e. The minimum absolute atomic E-state index is 0.101. The Morgan fingerprint density at radius 1 is 1.46 bits per heavy atom. The Morgan fingerprint density at radius 2 is 2.15 bits per heavy atom. The Labute approximate surface area is 76.3 Å². The normalized spacial score (nSPS) is 9.62. The van der Waals surface area contributed by atoms with Crippen molar-refractivity contribution in [2.75, 3.05) is 13.9 Å². The van der Waals surface area contributed by atoms with E-state index in [1.165, 1.54) is 7.11 Å². The molecular formula is C9H11NO3. The minimum Gasteiger partial charge on any atom is -0.467 e. The van der Waals surface area contributed by atoms with E-state index in [-0.39, 0.29) is 6.79 Å². The number of para-hydroxylation sites is 1. The number of carbonyl (C=O) groups excluding carboxylic acids is 1. The van der Waals surface area contributed by atoms with E-state index in [2.05, 4.69) is 0 Å². The predicted octanol–water partition coefficient (Wildman–Crippen LogP) is 0.768. The first-order chi connectivity index (χ1) is 6.25. The maximum Gasteiger partial charge on any atom is 0.252 e. The molecule has 1 aromatic carbocycles. The number of nitrogens with two attached hydrogens (primary N) is 1. The van der Waals surface area contributed by atoms with E-state index in [0.717, 1.165) is 0 Å². The van der Waals surface area contributed by atoms with Crippen molar-refractivity contribution in [2.45, 2.75) is 0 Å². The average molecular weight is 181 g/mol. The molecule has 0 aliphatic rings. The van der Waals surface area contributed by atoms with Crippen LogP contribution in [0.4, 0.5) is 0 Å². The average Bonchev–Trinajstić information content (AvgIpc) is 2.15. The quantitative estimate of drug-likeness (QED) is 0.698. The van der Waals surface area contributed by atoms with Crippen LogP contribution in [-0.2, 0) is 4.74 Å². The van der Waals surface area contributed by atoms with Gasteiger partial charge in [0.2, 0.25) is 0 Å². The summed E-state index contributed by atoms with van der Waals surface area (Å²) >= 11 is 0. The molecule has 0 bridgehead atoms. The maximum absolute atomic E-state index is 10.9. The minimum atomic E-state index is -0.508. The number of benzene rings is 1. The van der Waals surface area contributed by atoms with Crippen LogP contribution in [0.5, 0.6) is 5.75 Å². The number of ether oxygens (including phenoxy) is 2. The van der Waals surface area contributed by atoms with Gasteiger partial charge in [-0.15, -0.1) is 0 Å². The first kappa shape index (κ1) is 9.54. The summed E-state index contributed by atoms with van der Waals surface area (Å²) in [7, 11) is 1.51. The summed E-state index contributed by atoms with van der Waals surface area (Å²) in [5.41, 5.74) is 5.49. The highest BCUT2D eigenvalue weighted by Crippen LogP contribution is 2.16. The standard InChI is InChI=1S/C9H11NO3/c1-12-6-13-8-5-3-2-4-7(8)9(10)11/h2-5H,6H2,1H3,(H2,10,11). The molecule has 0 aliphatic carbocycles. The van der Waals surface area contributed by atoms with Crippen molar-refractivity contribution in [3.63, 3.8) is 0 Å². The summed E-state index contributed by atoms with van der Waals surface area (Å²) < 4.78 is 9.83. The van der Waals surface area contributed by atoms with Crippen LogP contribution in [0.3, 0.4) is 0 Å². The fourth-order valence-corrected chi connectivity index (χ4v) is 0.918. The Bertz CT molecular complexity index is 299. The highest BCUT2D eigenvalue weighted by atomic mass is 16.7. The van der Waals surface area contributed by atoms with Gasteiger partial charge in [0.15, 0.2) is 6.79 Å². The summed E-state index contributed by atoms with van der Waals surface area (Å²) in [5, 5.41) is 0. The zero-order valence-electron chi connectivity index (χ0n) is 7.32. The lowest BCUT2D eigenvalue weighted by atomic mass is 10.2. The molecule has 4 heteroatoms. The Kier molecular flexibility index (Phi) is 3.28. The zero-order valence-corrected chi connectivity index (χ0v) is 7.32. The van der Waals surface area contributed by atoms with Crippen molar-refractivity contribution in [3.05, 3.63) is 29.8 Å². The fourth-order valence-electron chi connectivity index (χ4n) is 0.918. The molecule has 0 aromatic heterocycles. The van der Waals surface area contributed by atoms with Crippen LogP contribution in [0.15, 0.2) is 24.3 Å². The van der Waals surface area contributed by atoms with Crippen LogP contribution < -0.4 is 10.5 Å². The second-order valence-electron chi connectivity index (χ2n) is 2.41. The molecule has 70 valence electrons. The number of carbonyl (C=O) groups is 1. The van der Waals surface area contributed by atoms with Crippen LogP contribution in [0.25, 0.3) is 0 Å². The molecule has 0 fully saturated rings. The van der Waals surface area contributed by atoms with Gasteiger partial charge in [-0.25, -0.2) is 0 Å². The molecule has 1 rings (SSSR count). The van der Waals surface area contributed by atoms with E-state index in [1.54, 1.807) is 24.3 Å². The molecule has 0 aliphatic heterocycles. The molecule has 0 heterocycles. The molecule has 0 spiro atoms. The van der Waals surface area contributed by atoms with E-state index in [0.29, 0.717) is 11.3 Å². The second kappa shape index (κ2) is 4.47. The van der Waals surface area contributed by atoms with Crippen LogP contribution in [-0.4, -0.2) is 19.8 Å². The van der Waals surface area contributed by atoms with Crippen molar-refractivity contribution in [1.29, 1.82) is 0 Å². The number of rotatable bonds is 4. The second-order valence-corrected chi connectivity index (χ2v) is 2.41. The third-order valence-electron chi connectivity index (χ3n) is 1.48. The molecule has 1 amide bonds. The maximum atomic E-state index is 10.9. The summed E-state index contributed by atoms with van der Waals surface area (Å²) in [6.45, 7) is 0.101. The predicted molar refractivity (Wildman–Crippen MR) is 47.5 cm³/mol. The lowest BCUT2D eigenvalue weighted by molar-refractivity contribution is 0.0502. The highest BCUT2D eigenvalue weighted by molar-refractivity contribution is 5.95. The summed E-state index contributed by atoms with van der Waals surface area (Å²) in [4.78, 5) is 10.9. The molecule has 2 N–H and O–H groups in total. The number of hydrogen-bond acceptors (Lipinski definition) is 3. The molecule has 0 radical (unpaired) electrons. The van der Waals surface area contributed by atoms with Gasteiger partial charge in [-0.05, 0) is 12.1 Å². The van der Waals surface area contributed by atoms with Crippen molar-refractivity contribution in [1.82, 2.24) is 0 Å². The van der Waals surface area contributed by atoms with Crippen LogP contribution in [0.2, 0.25) is 0 Å². The number of primary amides is 1. The number of methoxy groups -OCH3 is 1. The molecule has 13 heavy (non-hydrogen) atoms. The van der Waals surface area contributed by atoms with Crippen molar-refractivity contribution >= 4 is 5.91 Å². The molecule has 1 aromatic rings. The summed E-state index contributed by atoms with van der Waals surface area (Å²) in [5.74, 6) is -0.0662. The number of amides is 1. The molecule has 0 atom stereocenters. The van der Waals surface area contributed by atoms with E-state index < -0.39 is 5.91 Å². The summed E-state index contributed by atoms with van der Waals surface area (Å²) in [6.07, 6.45) is 0. The number of hydrogen-bond donors (Lipinski definition) is 1. The van der Waals surface area contributed by atoms with Gasteiger partial charge in [0.1, 0.15) is 5.75 Å². The van der Waals surface area contributed by atoms with E-state index in [1.807, 2.05) is 0 Å². The van der Waals surface area contributed by atoms with Crippen molar-refractivity contribution in [3.8, 4) is 5.75 Å². The van der Waals surface area contributed by atoms with Gasteiger partial charge in [0, 0.05) is 7.11 Å². The zero-order chi connectivity index (χ0) is 9.68. The van der Waals surface area contributed by atoms with E-state index in [4.69, 9.17) is 15.2 Å². The topological polar surface area (TPSA) is 61.6 Å². The first-order valence-electron chi connectivity index (χ1n) is 3.76. The van der Waals surface area contributed by atoms with Crippen molar-refractivity contribution in [2.24, 2.45) is 5.73 Å². The van der Waals surface area contributed by atoms with E-state index in [9.17, 15) is 4.79 Å². The molecular weight excluding hydrogens is 170 g/mol. The first-order valence-corrected chi connectivity index (χ1v) is 3.76. The Morgan fingerprint density at radius 3 is 2.77 bits per heavy atom. The van der Waals surface area contributed by atoms with Gasteiger partial charge < -0.3 is 15.2 Å². The molecule has 0 unspecified atom stereocenters. The molecule has 4 nitrogen and oxygen atoms in total. The third-order valence-corrected chi connectivity index (χ3v) is 1.48. The van der Waals surface area contributed by atoms with Gasteiger partial charge in [-0.2, -0.15) is 0 Å². The van der Waals surface area contributed by atoms with Crippen molar-refractivity contribution < 1.29 is 14.3 Å². The van der Waals surface area contributed by atoms with Gasteiger partial charge in [0.05, 0.1) is 5.56 Å². The van der Waals surface area contributed by atoms with Gasteiger partial charge in [-0.1, -0.05) is 12.1 Å². The van der Waals surface area contributed by atoms with Crippen LogP contribution in [0, 0.1) is 0 Å². The van der Waals surface area contributed by atoms with Crippen LogP contribution in [0.1, 0.15) is 10.4 Å².